The number of nitrogens with two attached hydrogens (primary N) is 1. The van der Waals surface area contributed by atoms with Gasteiger partial charge in [-0.05, 0) is 43.7 Å². The average Bonchev–Trinajstić information content (AvgIpc) is 2.46. The molecule has 0 radical (unpaired) electrons. The molecule has 4 nitrogen and oxygen atoms in total. The van der Waals surface area contributed by atoms with Gasteiger partial charge in [0, 0.05) is 23.6 Å². The van der Waals surface area contributed by atoms with Crippen LogP contribution in [0.5, 0.6) is 5.75 Å². The molecule has 0 amide bonds. The summed E-state index contributed by atoms with van der Waals surface area (Å²) in [6.07, 6.45) is 1.93. The second-order valence-corrected chi connectivity index (χ2v) is 6.61. The number of hydrogen-bond donors (Lipinski definition) is 1. The maximum absolute atomic E-state index is 6.08. The molecule has 1 fully saturated rings. The zero-order valence-corrected chi connectivity index (χ0v) is 14.4. The van der Waals surface area contributed by atoms with Crippen LogP contribution >= 0.6 is 15.9 Å². The lowest BCUT2D eigenvalue weighted by Crippen LogP contribution is -2.42. The lowest BCUT2D eigenvalue weighted by Gasteiger charge is -2.30. The van der Waals surface area contributed by atoms with Gasteiger partial charge in [0.2, 0.25) is 0 Å². The van der Waals surface area contributed by atoms with Crippen LogP contribution in [-0.4, -0.2) is 50.4 Å². The van der Waals surface area contributed by atoms with Gasteiger partial charge in [-0.25, -0.2) is 0 Å². The molecule has 2 atom stereocenters. The minimum Gasteiger partial charge on any atom is -0.491 e. The van der Waals surface area contributed by atoms with E-state index in [2.05, 4.69) is 40.9 Å². The highest BCUT2D eigenvalue weighted by Crippen LogP contribution is 2.25. The average molecular weight is 357 g/mol. The van der Waals surface area contributed by atoms with Crippen molar-refractivity contribution in [2.45, 2.75) is 31.9 Å². The van der Waals surface area contributed by atoms with Crippen molar-refractivity contribution in [2.24, 2.45) is 5.73 Å². The number of morpholine rings is 1. The zero-order valence-electron chi connectivity index (χ0n) is 12.8. The molecule has 0 aromatic heterocycles. The summed E-state index contributed by atoms with van der Waals surface area (Å²) in [6, 6.07) is 6.27. The van der Waals surface area contributed by atoms with Crippen LogP contribution in [0.1, 0.15) is 18.9 Å². The highest BCUT2D eigenvalue weighted by molar-refractivity contribution is 9.10. The second-order valence-electron chi connectivity index (χ2n) is 5.69. The molecule has 2 unspecified atom stereocenters. The van der Waals surface area contributed by atoms with E-state index in [1.54, 1.807) is 0 Å². The van der Waals surface area contributed by atoms with Gasteiger partial charge in [0.05, 0.1) is 6.61 Å². The summed E-state index contributed by atoms with van der Waals surface area (Å²) in [4.78, 5) is 2.27. The van der Waals surface area contributed by atoms with Crippen molar-refractivity contribution in [3.63, 3.8) is 0 Å². The van der Waals surface area contributed by atoms with Crippen LogP contribution in [0.25, 0.3) is 0 Å². The minimum atomic E-state index is 0.139. The number of benzene rings is 1. The molecule has 1 aliphatic heterocycles. The van der Waals surface area contributed by atoms with Crippen molar-refractivity contribution in [1.82, 2.24) is 4.90 Å². The van der Waals surface area contributed by atoms with E-state index in [1.807, 2.05) is 12.1 Å². The van der Waals surface area contributed by atoms with Gasteiger partial charge in [-0.3, -0.25) is 0 Å². The third-order valence-corrected chi connectivity index (χ3v) is 4.29. The molecule has 0 aliphatic carbocycles. The first-order chi connectivity index (χ1) is 10.1. The van der Waals surface area contributed by atoms with Crippen LogP contribution in [0.2, 0.25) is 0 Å². The summed E-state index contributed by atoms with van der Waals surface area (Å²) in [5, 5.41) is 0. The largest absolute Gasteiger partial charge is 0.491 e. The van der Waals surface area contributed by atoms with Gasteiger partial charge in [-0.2, -0.15) is 0 Å². The predicted octanol–water partition coefficient (Wildman–Crippen LogP) is 2.44. The van der Waals surface area contributed by atoms with Crippen LogP contribution in [0.15, 0.2) is 22.7 Å². The Morgan fingerprint density at radius 1 is 1.52 bits per heavy atom. The fourth-order valence-electron chi connectivity index (χ4n) is 2.43. The van der Waals surface area contributed by atoms with Crippen LogP contribution in [-0.2, 0) is 11.2 Å². The number of rotatable bonds is 6. The second kappa shape index (κ2) is 8.13. The van der Waals surface area contributed by atoms with Crippen LogP contribution in [0.4, 0.5) is 0 Å². The predicted molar refractivity (Wildman–Crippen MR) is 88.8 cm³/mol. The smallest absolute Gasteiger partial charge is 0.122 e. The van der Waals surface area contributed by atoms with E-state index in [0.29, 0.717) is 6.61 Å². The first-order valence-electron chi connectivity index (χ1n) is 7.55. The summed E-state index contributed by atoms with van der Waals surface area (Å²) in [7, 11) is 2.11. The van der Waals surface area contributed by atoms with Gasteiger partial charge in [-0.15, -0.1) is 0 Å². The van der Waals surface area contributed by atoms with Gasteiger partial charge in [0.15, 0.2) is 0 Å². The molecule has 0 bridgehead atoms. The van der Waals surface area contributed by atoms with E-state index in [9.17, 15) is 0 Å². The van der Waals surface area contributed by atoms with E-state index in [4.69, 9.17) is 15.2 Å². The Morgan fingerprint density at radius 2 is 2.33 bits per heavy atom. The summed E-state index contributed by atoms with van der Waals surface area (Å²) in [6.45, 7) is 5.37. The standard InChI is InChI=1S/C16H25BrN2O2/c1-3-14(18)9-12-8-13(17)4-5-16(12)21-11-15-10-19(2)6-7-20-15/h4-5,8,14-15H,3,6-7,9-11,18H2,1-2H3. The Kier molecular flexibility index (Phi) is 6.48. The van der Waals surface area contributed by atoms with Crippen molar-refractivity contribution in [3.8, 4) is 5.75 Å². The fourth-order valence-corrected chi connectivity index (χ4v) is 2.83. The Hall–Kier alpha value is -0.620. The summed E-state index contributed by atoms with van der Waals surface area (Å²) in [5.74, 6) is 0.916. The molecule has 21 heavy (non-hydrogen) atoms. The molecule has 0 saturated carbocycles. The van der Waals surface area contributed by atoms with Crippen molar-refractivity contribution < 1.29 is 9.47 Å². The number of nitrogens with zero attached hydrogens (tertiary/aromatic N) is 1. The number of ether oxygens (including phenoxy) is 2. The van der Waals surface area contributed by atoms with Gasteiger partial charge >= 0.3 is 0 Å². The topological polar surface area (TPSA) is 47.7 Å². The van der Waals surface area contributed by atoms with Gasteiger partial charge < -0.3 is 20.1 Å². The Morgan fingerprint density at radius 3 is 3.05 bits per heavy atom. The van der Waals surface area contributed by atoms with Gasteiger partial charge in [0.25, 0.3) is 0 Å². The molecule has 1 aromatic carbocycles. The molecule has 118 valence electrons. The third-order valence-electron chi connectivity index (χ3n) is 3.80. The van der Waals surface area contributed by atoms with E-state index in [-0.39, 0.29) is 12.1 Å². The maximum Gasteiger partial charge on any atom is 0.122 e. The number of likely N-dealkylation sites (N-methyl/N-ethyl adjacent to an activating group) is 1. The first-order valence-corrected chi connectivity index (χ1v) is 8.34. The summed E-state index contributed by atoms with van der Waals surface area (Å²) >= 11 is 3.52. The van der Waals surface area contributed by atoms with Crippen molar-refractivity contribution in [2.75, 3.05) is 33.4 Å². The van der Waals surface area contributed by atoms with Crippen LogP contribution in [0.3, 0.4) is 0 Å². The number of halogens is 1. The van der Waals surface area contributed by atoms with Crippen LogP contribution < -0.4 is 10.5 Å². The maximum atomic E-state index is 6.08. The number of hydrogen-bond acceptors (Lipinski definition) is 4. The SMILES string of the molecule is CCC(N)Cc1cc(Br)ccc1OCC1CN(C)CCO1. The van der Waals surface area contributed by atoms with Gasteiger partial charge in [0.1, 0.15) is 18.5 Å². The van der Waals surface area contributed by atoms with Crippen molar-refractivity contribution >= 4 is 15.9 Å². The third kappa shape index (κ3) is 5.25. The molecule has 2 N–H and O–H groups in total. The molecule has 1 saturated heterocycles. The minimum absolute atomic E-state index is 0.139. The van der Waals surface area contributed by atoms with Crippen molar-refractivity contribution in [3.05, 3.63) is 28.2 Å². The Labute approximate surface area is 135 Å². The summed E-state index contributed by atoms with van der Waals surface area (Å²) < 4.78 is 12.8. The molecular weight excluding hydrogens is 332 g/mol. The van der Waals surface area contributed by atoms with E-state index < -0.39 is 0 Å². The molecule has 1 aliphatic rings. The van der Waals surface area contributed by atoms with Crippen molar-refractivity contribution in [1.29, 1.82) is 0 Å². The monoisotopic (exact) mass is 356 g/mol. The fraction of sp³-hybridized carbons (Fsp3) is 0.625. The van der Waals surface area contributed by atoms with E-state index in [0.717, 1.165) is 48.3 Å². The molecule has 5 heteroatoms. The highest BCUT2D eigenvalue weighted by atomic mass is 79.9. The van der Waals surface area contributed by atoms with Crippen LogP contribution in [0, 0.1) is 0 Å². The zero-order chi connectivity index (χ0) is 15.2. The lowest BCUT2D eigenvalue weighted by atomic mass is 10.0. The normalized spacial score (nSPS) is 21.2. The molecule has 2 rings (SSSR count). The Balaban J connectivity index is 1.98. The van der Waals surface area contributed by atoms with Gasteiger partial charge in [-0.1, -0.05) is 22.9 Å². The molecular formula is C16H25BrN2O2. The van der Waals surface area contributed by atoms with E-state index >= 15 is 0 Å². The summed E-state index contributed by atoms with van der Waals surface area (Å²) in [5.41, 5.74) is 7.23. The van der Waals surface area contributed by atoms with E-state index in [1.165, 1.54) is 0 Å². The Bertz CT molecular complexity index is 456. The highest BCUT2D eigenvalue weighted by Gasteiger charge is 2.19. The molecule has 0 spiro atoms. The quantitative estimate of drug-likeness (QED) is 0.850. The first kappa shape index (κ1) is 16.7. The molecule has 1 aromatic rings. The molecule has 1 heterocycles. The lowest BCUT2D eigenvalue weighted by molar-refractivity contribution is -0.0404.